The Morgan fingerprint density at radius 2 is 0.848 bits per heavy atom. The third kappa shape index (κ3) is 4.31. The molecule has 0 unspecified atom stereocenters. The van der Waals surface area contributed by atoms with Gasteiger partial charge in [0, 0.05) is 0 Å². The number of rotatable bonds is 4. The van der Waals surface area contributed by atoms with Gasteiger partial charge < -0.3 is 43.4 Å². The Morgan fingerprint density at radius 1 is 0.435 bits per heavy atom. The molecule has 8 nitrogen and oxygen atoms in total. The summed E-state index contributed by atoms with van der Waals surface area (Å²) in [5, 5.41) is 42.6. The van der Waals surface area contributed by atoms with Gasteiger partial charge in [0.1, 0.15) is 23.0 Å². The lowest BCUT2D eigenvalue weighted by molar-refractivity contribution is 0.477. The van der Waals surface area contributed by atoms with Crippen molar-refractivity contribution in [2.45, 2.75) is 0 Å². The van der Waals surface area contributed by atoms with Crippen LogP contribution < -0.4 is 33.4 Å². The molecule has 0 aliphatic heterocycles. The van der Waals surface area contributed by atoms with Crippen molar-refractivity contribution in [3.8, 4) is 78.6 Å². The fraction of sp³-hybridized carbons (Fsp3) is 0. The Kier molecular flexibility index (Phi) is 6.31. The SMILES string of the molecule is C=c1c(-c2ccc(O)c(N)c2)c(-c2ccc(O)c(N)c2)c2c(c1-c1ccc(O)c(N)c1)-c1c(cccc1-c1ccc(O)c(N)c1)C=2. The zero-order chi connectivity index (χ0) is 32.4. The predicted molar refractivity (Wildman–Crippen MR) is 186 cm³/mol. The standard InChI is InChI=1S/C38H30N4O4/c1-18-34(21-6-10-31(44)27(40)15-21)37(23-8-12-33(46)29(42)17-23)25-13-20-3-2-4-24(19-5-9-30(43)26(39)14-19)36(20)38(25)35(18)22-7-11-32(45)28(41)16-22/h2-17,43-46H,1,39-42H2. The highest BCUT2D eigenvalue weighted by Crippen LogP contribution is 2.45. The third-order valence-electron chi connectivity index (χ3n) is 8.58. The maximum Gasteiger partial charge on any atom is 0.138 e. The molecule has 0 atom stereocenters. The molecule has 0 heterocycles. The summed E-state index contributed by atoms with van der Waals surface area (Å²) in [6, 6.07) is 26.2. The van der Waals surface area contributed by atoms with Gasteiger partial charge in [0.15, 0.2) is 0 Å². The smallest absolute Gasteiger partial charge is 0.138 e. The highest BCUT2D eigenvalue weighted by atomic mass is 16.3. The molecule has 1 aliphatic rings. The maximum absolute atomic E-state index is 10.3. The molecule has 226 valence electrons. The first-order valence-corrected chi connectivity index (χ1v) is 14.4. The first-order valence-electron chi connectivity index (χ1n) is 14.4. The second kappa shape index (κ2) is 10.3. The molecule has 6 aromatic carbocycles. The van der Waals surface area contributed by atoms with Crippen molar-refractivity contribution in [2.24, 2.45) is 0 Å². The van der Waals surface area contributed by atoms with E-state index in [0.717, 1.165) is 60.9 Å². The van der Waals surface area contributed by atoms with Crippen LogP contribution in [0.25, 0.3) is 68.3 Å². The van der Waals surface area contributed by atoms with Gasteiger partial charge >= 0.3 is 0 Å². The lowest BCUT2D eigenvalue weighted by atomic mass is 9.82. The Hall–Kier alpha value is -6.54. The first kappa shape index (κ1) is 28.2. The summed E-state index contributed by atoms with van der Waals surface area (Å²) in [7, 11) is 0. The number of aromatic hydroxyl groups is 4. The van der Waals surface area contributed by atoms with E-state index in [-0.39, 0.29) is 45.7 Å². The summed E-state index contributed by atoms with van der Waals surface area (Å²) in [4.78, 5) is 0. The molecule has 0 radical (unpaired) electrons. The van der Waals surface area contributed by atoms with Crippen LogP contribution in [0.1, 0.15) is 5.56 Å². The molecular formula is C38H30N4O4. The van der Waals surface area contributed by atoms with Crippen molar-refractivity contribution in [2.75, 3.05) is 22.9 Å². The number of phenolic OH excluding ortho intramolecular Hbond substituents is 4. The second-order valence-corrected chi connectivity index (χ2v) is 11.4. The Balaban J connectivity index is 1.69. The van der Waals surface area contributed by atoms with Crippen molar-refractivity contribution in [1.82, 2.24) is 0 Å². The monoisotopic (exact) mass is 606 g/mol. The van der Waals surface area contributed by atoms with Crippen LogP contribution in [0.2, 0.25) is 0 Å². The fourth-order valence-electron chi connectivity index (χ4n) is 6.38. The number of nitrogen functional groups attached to an aromatic ring is 4. The molecule has 0 amide bonds. The molecule has 7 rings (SSSR count). The molecule has 6 aromatic rings. The van der Waals surface area contributed by atoms with Crippen LogP contribution in [0.5, 0.6) is 23.0 Å². The van der Waals surface area contributed by atoms with Crippen molar-refractivity contribution in [1.29, 1.82) is 0 Å². The minimum Gasteiger partial charge on any atom is -0.506 e. The normalized spacial score (nSPS) is 11.6. The second-order valence-electron chi connectivity index (χ2n) is 11.4. The zero-order valence-corrected chi connectivity index (χ0v) is 24.5. The van der Waals surface area contributed by atoms with Gasteiger partial charge in [0.05, 0.1) is 22.7 Å². The number of hydrogen-bond acceptors (Lipinski definition) is 8. The van der Waals surface area contributed by atoms with Crippen molar-refractivity contribution >= 4 is 35.4 Å². The van der Waals surface area contributed by atoms with Crippen LogP contribution in [0.3, 0.4) is 0 Å². The average Bonchev–Trinajstić information content (AvgIpc) is 3.41. The van der Waals surface area contributed by atoms with E-state index >= 15 is 0 Å². The zero-order valence-electron chi connectivity index (χ0n) is 24.5. The van der Waals surface area contributed by atoms with Gasteiger partial charge in [-0.25, -0.2) is 0 Å². The van der Waals surface area contributed by atoms with E-state index in [1.165, 1.54) is 6.07 Å². The van der Waals surface area contributed by atoms with Crippen LogP contribution in [-0.4, -0.2) is 20.4 Å². The van der Waals surface area contributed by atoms with Crippen LogP contribution in [0.15, 0.2) is 91.0 Å². The topological polar surface area (TPSA) is 185 Å². The molecule has 46 heavy (non-hydrogen) atoms. The largest absolute Gasteiger partial charge is 0.506 e. The lowest BCUT2D eigenvalue weighted by Crippen LogP contribution is -2.21. The Labute approximate surface area is 264 Å². The summed E-state index contributed by atoms with van der Waals surface area (Å²) in [6.07, 6.45) is 2.09. The van der Waals surface area contributed by atoms with Crippen LogP contribution in [0.4, 0.5) is 22.7 Å². The summed E-state index contributed by atoms with van der Waals surface area (Å²) in [6.45, 7) is 4.63. The minimum absolute atomic E-state index is 0.00592. The summed E-state index contributed by atoms with van der Waals surface area (Å²) < 4.78 is 0. The molecule has 0 spiro atoms. The molecule has 0 saturated carbocycles. The van der Waals surface area contributed by atoms with Gasteiger partial charge in [-0.2, -0.15) is 0 Å². The van der Waals surface area contributed by atoms with E-state index in [9.17, 15) is 20.4 Å². The predicted octanol–water partition coefficient (Wildman–Crippen LogP) is 5.73. The van der Waals surface area contributed by atoms with E-state index in [2.05, 4.69) is 12.7 Å². The molecule has 8 heteroatoms. The maximum atomic E-state index is 10.3. The van der Waals surface area contributed by atoms with Gasteiger partial charge in [-0.15, -0.1) is 0 Å². The molecule has 12 N–H and O–H groups in total. The van der Waals surface area contributed by atoms with Crippen LogP contribution in [-0.2, 0) is 0 Å². The number of phenols is 4. The molecular weight excluding hydrogens is 576 g/mol. The van der Waals surface area contributed by atoms with Crippen LogP contribution in [0, 0.1) is 0 Å². The van der Waals surface area contributed by atoms with E-state index in [1.807, 2.05) is 24.3 Å². The molecule has 0 bridgehead atoms. The highest BCUT2D eigenvalue weighted by molar-refractivity contribution is 6.06. The highest BCUT2D eigenvalue weighted by Gasteiger charge is 2.28. The number of nitrogens with two attached hydrogens (primary N) is 4. The van der Waals surface area contributed by atoms with E-state index < -0.39 is 0 Å². The minimum atomic E-state index is -0.0470. The summed E-state index contributed by atoms with van der Waals surface area (Å²) in [5.41, 5.74) is 34.5. The summed E-state index contributed by atoms with van der Waals surface area (Å²) >= 11 is 0. The number of hydrogen-bond donors (Lipinski definition) is 8. The molecule has 0 saturated heterocycles. The fourth-order valence-corrected chi connectivity index (χ4v) is 6.38. The van der Waals surface area contributed by atoms with E-state index in [4.69, 9.17) is 22.9 Å². The number of benzene rings is 6. The molecule has 0 fully saturated rings. The number of fused-ring (bicyclic) bond motifs is 3. The van der Waals surface area contributed by atoms with Crippen molar-refractivity contribution < 1.29 is 20.4 Å². The lowest BCUT2D eigenvalue weighted by Gasteiger charge is -2.21. The van der Waals surface area contributed by atoms with E-state index in [1.54, 1.807) is 60.7 Å². The summed E-state index contributed by atoms with van der Waals surface area (Å²) in [5.74, 6) is -0.134. The van der Waals surface area contributed by atoms with Gasteiger partial charge in [-0.1, -0.05) is 49.0 Å². The van der Waals surface area contributed by atoms with Gasteiger partial charge in [-0.3, -0.25) is 0 Å². The van der Waals surface area contributed by atoms with Crippen LogP contribution >= 0.6 is 0 Å². The van der Waals surface area contributed by atoms with Gasteiger partial charge in [-0.05, 0) is 126 Å². The quantitative estimate of drug-likeness (QED) is 0.0923. The third-order valence-corrected chi connectivity index (χ3v) is 8.58. The van der Waals surface area contributed by atoms with Gasteiger partial charge in [0.25, 0.3) is 0 Å². The van der Waals surface area contributed by atoms with Gasteiger partial charge in [0.2, 0.25) is 0 Å². The van der Waals surface area contributed by atoms with Crippen molar-refractivity contribution in [3.05, 3.63) is 107 Å². The van der Waals surface area contributed by atoms with Crippen molar-refractivity contribution in [3.63, 3.8) is 0 Å². The average molecular weight is 607 g/mol. The Bertz CT molecular complexity index is 2380. The molecule has 0 aromatic heterocycles. The Morgan fingerprint density at radius 3 is 1.33 bits per heavy atom. The van der Waals surface area contributed by atoms with E-state index in [0.29, 0.717) is 10.8 Å². The molecule has 1 aliphatic carbocycles. The first-order chi connectivity index (χ1) is 22.0. The number of anilines is 4.